The number of likely N-dealkylation sites (tertiary alicyclic amines) is 1. The molecule has 1 aromatic rings. The first-order valence-corrected chi connectivity index (χ1v) is 8.14. The second-order valence-electron chi connectivity index (χ2n) is 5.41. The highest BCUT2D eigenvalue weighted by Crippen LogP contribution is 2.30. The highest BCUT2D eigenvalue weighted by Gasteiger charge is 2.14. The van der Waals surface area contributed by atoms with Crippen molar-refractivity contribution >= 4 is 11.6 Å². The minimum atomic E-state index is 0.0218. The molecule has 1 amide bonds. The van der Waals surface area contributed by atoms with E-state index in [9.17, 15) is 4.79 Å². The van der Waals surface area contributed by atoms with E-state index in [-0.39, 0.29) is 5.91 Å². The summed E-state index contributed by atoms with van der Waals surface area (Å²) in [4.78, 5) is 14.3. The zero-order chi connectivity index (χ0) is 15.8. The van der Waals surface area contributed by atoms with Gasteiger partial charge in [0.2, 0.25) is 5.91 Å². The van der Waals surface area contributed by atoms with Gasteiger partial charge in [0, 0.05) is 11.8 Å². The fourth-order valence-electron chi connectivity index (χ4n) is 2.65. The lowest BCUT2D eigenvalue weighted by atomic mass is 10.1. The van der Waals surface area contributed by atoms with Crippen molar-refractivity contribution in [2.75, 3.05) is 38.2 Å². The van der Waals surface area contributed by atoms with Crippen LogP contribution in [0.2, 0.25) is 0 Å². The van der Waals surface area contributed by atoms with Gasteiger partial charge in [-0.2, -0.15) is 0 Å². The lowest BCUT2D eigenvalue weighted by molar-refractivity contribution is -0.117. The standard InChI is InChI=1S/C17H26N2O3/c1-3-21-15-9-8-14(12-16(15)22-4-2)18-17(20)13-19-10-6-5-7-11-19/h8-9,12H,3-7,10-11,13H2,1-2H3,(H,18,20). The van der Waals surface area contributed by atoms with Crippen LogP contribution in [0.1, 0.15) is 33.1 Å². The van der Waals surface area contributed by atoms with Crippen LogP contribution < -0.4 is 14.8 Å². The Hall–Kier alpha value is -1.75. The molecule has 5 heteroatoms. The Morgan fingerprint density at radius 2 is 1.77 bits per heavy atom. The number of nitrogens with one attached hydrogen (secondary N) is 1. The van der Waals surface area contributed by atoms with Crippen molar-refractivity contribution < 1.29 is 14.3 Å². The summed E-state index contributed by atoms with van der Waals surface area (Å²) in [5.74, 6) is 1.40. The number of rotatable bonds is 7. The molecule has 1 aliphatic heterocycles. The van der Waals surface area contributed by atoms with Gasteiger partial charge in [-0.15, -0.1) is 0 Å². The van der Waals surface area contributed by atoms with Crippen molar-refractivity contribution in [2.24, 2.45) is 0 Å². The molecule has 1 fully saturated rings. The predicted octanol–water partition coefficient (Wildman–Crippen LogP) is 2.91. The van der Waals surface area contributed by atoms with E-state index >= 15 is 0 Å². The second-order valence-corrected chi connectivity index (χ2v) is 5.41. The molecule has 1 saturated heterocycles. The number of hydrogen-bond donors (Lipinski definition) is 1. The Balaban J connectivity index is 1.95. The summed E-state index contributed by atoms with van der Waals surface area (Å²) in [7, 11) is 0. The van der Waals surface area contributed by atoms with Gasteiger partial charge < -0.3 is 14.8 Å². The van der Waals surface area contributed by atoms with Gasteiger partial charge >= 0.3 is 0 Å². The number of hydrogen-bond acceptors (Lipinski definition) is 4. The molecule has 22 heavy (non-hydrogen) atoms. The minimum absolute atomic E-state index is 0.0218. The highest BCUT2D eigenvalue weighted by molar-refractivity contribution is 5.92. The summed E-state index contributed by atoms with van der Waals surface area (Å²) in [5.41, 5.74) is 0.744. The SMILES string of the molecule is CCOc1ccc(NC(=O)CN2CCCCC2)cc1OCC. The molecule has 1 heterocycles. The molecule has 0 bridgehead atoms. The van der Waals surface area contributed by atoms with Gasteiger partial charge in [0.25, 0.3) is 0 Å². The number of anilines is 1. The molecule has 0 aromatic heterocycles. The van der Waals surface area contributed by atoms with E-state index in [0.717, 1.165) is 18.8 Å². The molecule has 1 N–H and O–H groups in total. The third-order valence-corrected chi connectivity index (χ3v) is 3.64. The topological polar surface area (TPSA) is 50.8 Å². The van der Waals surface area contributed by atoms with Crippen LogP contribution in [0, 0.1) is 0 Å². The number of benzene rings is 1. The van der Waals surface area contributed by atoms with Crippen molar-refractivity contribution in [3.8, 4) is 11.5 Å². The molecule has 2 rings (SSSR count). The van der Waals surface area contributed by atoms with Gasteiger partial charge in [-0.05, 0) is 51.9 Å². The van der Waals surface area contributed by atoms with E-state index in [1.54, 1.807) is 0 Å². The molecule has 0 spiro atoms. The fraction of sp³-hybridized carbons (Fsp3) is 0.588. The first kappa shape index (κ1) is 16.6. The molecule has 0 saturated carbocycles. The number of nitrogens with zero attached hydrogens (tertiary/aromatic N) is 1. The predicted molar refractivity (Wildman–Crippen MR) is 87.7 cm³/mol. The number of carbonyl (C=O) groups is 1. The summed E-state index contributed by atoms with van der Waals surface area (Å²) in [6.07, 6.45) is 3.64. The van der Waals surface area contributed by atoms with E-state index in [1.165, 1.54) is 19.3 Å². The number of ether oxygens (including phenoxy) is 2. The van der Waals surface area contributed by atoms with E-state index in [2.05, 4.69) is 10.2 Å². The van der Waals surface area contributed by atoms with Gasteiger partial charge in [0.1, 0.15) is 0 Å². The number of piperidine rings is 1. The van der Waals surface area contributed by atoms with Crippen LogP contribution in [-0.2, 0) is 4.79 Å². The molecule has 0 atom stereocenters. The molecule has 0 unspecified atom stereocenters. The van der Waals surface area contributed by atoms with Crippen molar-refractivity contribution in [3.05, 3.63) is 18.2 Å². The van der Waals surface area contributed by atoms with Gasteiger partial charge in [0.15, 0.2) is 11.5 Å². The van der Waals surface area contributed by atoms with Crippen molar-refractivity contribution in [2.45, 2.75) is 33.1 Å². The second kappa shape index (κ2) is 8.63. The van der Waals surface area contributed by atoms with E-state index in [0.29, 0.717) is 31.3 Å². The van der Waals surface area contributed by atoms with Crippen LogP contribution in [-0.4, -0.2) is 43.7 Å². The first-order chi connectivity index (χ1) is 10.7. The number of amides is 1. The monoisotopic (exact) mass is 306 g/mol. The Morgan fingerprint density at radius 3 is 2.45 bits per heavy atom. The average Bonchev–Trinajstić information content (AvgIpc) is 2.51. The highest BCUT2D eigenvalue weighted by atomic mass is 16.5. The maximum atomic E-state index is 12.1. The molecular weight excluding hydrogens is 280 g/mol. The summed E-state index contributed by atoms with van der Waals surface area (Å²) >= 11 is 0. The zero-order valence-corrected chi connectivity index (χ0v) is 13.6. The first-order valence-electron chi connectivity index (χ1n) is 8.14. The third kappa shape index (κ3) is 4.91. The van der Waals surface area contributed by atoms with Gasteiger partial charge in [-0.1, -0.05) is 6.42 Å². The van der Waals surface area contributed by atoms with E-state index in [4.69, 9.17) is 9.47 Å². The summed E-state index contributed by atoms with van der Waals surface area (Å²) in [6.45, 7) is 7.49. The average molecular weight is 306 g/mol. The molecule has 5 nitrogen and oxygen atoms in total. The molecular formula is C17H26N2O3. The van der Waals surface area contributed by atoms with Crippen LogP contribution in [0.4, 0.5) is 5.69 Å². The Kier molecular flexibility index (Phi) is 6.52. The summed E-state index contributed by atoms with van der Waals surface area (Å²) in [6, 6.07) is 5.51. The zero-order valence-electron chi connectivity index (χ0n) is 13.6. The number of carbonyl (C=O) groups excluding carboxylic acids is 1. The Bertz CT molecular complexity index is 485. The smallest absolute Gasteiger partial charge is 0.238 e. The molecule has 0 radical (unpaired) electrons. The molecule has 1 aromatic carbocycles. The fourth-order valence-corrected chi connectivity index (χ4v) is 2.65. The normalized spacial score (nSPS) is 15.4. The maximum Gasteiger partial charge on any atom is 0.238 e. The summed E-state index contributed by atoms with van der Waals surface area (Å²) < 4.78 is 11.1. The largest absolute Gasteiger partial charge is 0.490 e. The van der Waals surface area contributed by atoms with E-state index < -0.39 is 0 Å². The van der Waals surface area contributed by atoms with E-state index in [1.807, 2.05) is 32.0 Å². The third-order valence-electron chi connectivity index (χ3n) is 3.64. The van der Waals surface area contributed by atoms with Gasteiger partial charge in [0.05, 0.1) is 19.8 Å². The van der Waals surface area contributed by atoms with Crippen LogP contribution in [0.15, 0.2) is 18.2 Å². The van der Waals surface area contributed by atoms with Crippen LogP contribution in [0.5, 0.6) is 11.5 Å². The minimum Gasteiger partial charge on any atom is -0.490 e. The Labute approximate surface area is 132 Å². The van der Waals surface area contributed by atoms with Crippen molar-refractivity contribution in [1.29, 1.82) is 0 Å². The molecule has 0 aliphatic carbocycles. The van der Waals surface area contributed by atoms with Crippen LogP contribution in [0.25, 0.3) is 0 Å². The lowest BCUT2D eigenvalue weighted by Gasteiger charge is -2.25. The van der Waals surface area contributed by atoms with Gasteiger partial charge in [-0.3, -0.25) is 9.69 Å². The summed E-state index contributed by atoms with van der Waals surface area (Å²) in [5, 5.41) is 2.94. The lowest BCUT2D eigenvalue weighted by Crippen LogP contribution is -2.36. The van der Waals surface area contributed by atoms with Crippen molar-refractivity contribution in [3.63, 3.8) is 0 Å². The maximum absolute atomic E-state index is 12.1. The van der Waals surface area contributed by atoms with Crippen molar-refractivity contribution in [1.82, 2.24) is 4.90 Å². The quantitative estimate of drug-likeness (QED) is 0.841. The Morgan fingerprint density at radius 1 is 1.09 bits per heavy atom. The van der Waals surface area contributed by atoms with Crippen LogP contribution in [0.3, 0.4) is 0 Å². The molecule has 1 aliphatic rings. The molecule has 122 valence electrons. The van der Waals surface area contributed by atoms with Crippen LogP contribution >= 0.6 is 0 Å². The van der Waals surface area contributed by atoms with Gasteiger partial charge in [-0.25, -0.2) is 0 Å².